The quantitative estimate of drug-likeness (QED) is 0.938. The molecule has 1 aliphatic rings. The van der Waals surface area contributed by atoms with Crippen LogP contribution in [0.4, 0.5) is 4.39 Å². The Hall–Kier alpha value is -2.43. The predicted molar refractivity (Wildman–Crippen MR) is 90.4 cm³/mol. The Labute approximate surface area is 140 Å². The number of carbonyl (C=O) groups excluding carboxylic acids is 1. The van der Waals surface area contributed by atoms with Crippen LogP contribution in [-0.2, 0) is 6.42 Å². The minimum atomic E-state index is -0.215. The normalized spacial score (nSPS) is 17.7. The van der Waals surface area contributed by atoms with Crippen molar-refractivity contribution < 1.29 is 9.18 Å². The predicted octanol–water partition coefficient (Wildman–Crippen LogP) is 3.00. The second-order valence-electron chi connectivity index (χ2n) is 6.33. The number of H-pyrrole nitrogens is 1. The van der Waals surface area contributed by atoms with Crippen molar-refractivity contribution >= 4 is 5.91 Å². The fraction of sp³-hybridized carbons (Fsp3) is 0.368. The molecule has 1 aromatic heterocycles. The summed E-state index contributed by atoms with van der Waals surface area (Å²) in [7, 11) is 0. The zero-order valence-corrected chi connectivity index (χ0v) is 13.5. The molecular formula is C19H21FN2O2. The van der Waals surface area contributed by atoms with E-state index in [4.69, 9.17) is 0 Å². The number of pyridine rings is 1. The number of rotatable bonds is 4. The molecule has 1 N–H and O–H groups in total. The van der Waals surface area contributed by atoms with Gasteiger partial charge in [-0.15, -0.1) is 0 Å². The zero-order chi connectivity index (χ0) is 16.9. The molecule has 24 heavy (non-hydrogen) atoms. The number of aromatic nitrogens is 1. The number of aromatic amines is 1. The van der Waals surface area contributed by atoms with Crippen LogP contribution < -0.4 is 5.56 Å². The number of nitrogens with zero attached hydrogens (tertiary/aromatic N) is 1. The van der Waals surface area contributed by atoms with E-state index in [1.165, 1.54) is 18.3 Å². The average molecular weight is 328 g/mol. The molecule has 0 bridgehead atoms. The van der Waals surface area contributed by atoms with Crippen LogP contribution in [0.5, 0.6) is 0 Å². The van der Waals surface area contributed by atoms with Crippen LogP contribution in [0.25, 0.3) is 0 Å². The summed E-state index contributed by atoms with van der Waals surface area (Å²) in [5, 5.41) is 0. The molecule has 1 saturated heterocycles. The second-order valence-corrected chi connectivity index (χ2v) is 6.33. The summed E-state index contributed by atoms with van der Waals surface area (Å²) in [5.41, 5.74) is 1.03. The van der Waals surface area contributed by atoms with Crippen molar-refractivity contribution in [3.05, 3.63) is 69.9 Å². The van der Waals surface area contributed by atoms with E-state index in [9.17, 15) is 14.0 Å². The fourth-order valence-corrected chi connectivity index (χ4v) is 3.27. The summed E-state index contributed by atoms with van der Waals surface area (Å²) >= 11 is 0. The summed E-state index contributed by atoms with van der Waals surface area (Å²) in [6, 6.07) is 9.79. The molecule has 2 aromatic rings. The van der Waals surface area contributed by atoms with Crippen LogP contribution in [0, 0.1) is 11.7 Å². The molecule has 0 saturated carbocycles. The van der Waals surface area contributed by atoms with E-state index >= 15 is 0 Å². The summed E-state index contributed by atoms with van der Waals surface area (Å²) in [4.78, 5) is 28.0. The van der Waals surface area contributed by atoms with Crippen LogP contribution in [0.1, 0.15) is 35.2 Å². The molecule has 1 aromatic carbocycles. The Morgan fingerprint density at radius 1 is 1.25 bits per heavy atom. The maximum absolute atomic E-state index is 13.7. The first-order chi connectivity index (χ1) is 11.6. The van der Waals surface area contributed by atoms with Crippen molar-refractivity contribution in [3.63, 3.8) is 0 Å². The number of hydrogen-bond acceptors (Lipinski definition) is 2. The van der Waals surface area contributed by atoms with E-state index in [0.717, 1.165) is 31.4 Å². The van der Waals surface area contributed by atoms with Crippen molar-refractivity contribution in [2.45, 2.75) is 25.7 Å². The van der Waals surface area contributed by atoms with E-state index in [0.29, 0.717) is 24.4 Å². The van der Waals surface area contributed by atoms with Gasteiger partial charge in [-0.3, -0.25) is 9.59 Å². The Kier molecular flexibility index (Phi) is 5.08. The number of hydrogen-bond donors (Lipinski definition) is 1. The van der Waals surface area contributed by atoms with Gasteiger partial charge in [-0.1, -0.05) is 18.2 Å². The molecule has 5 heteroatoms. The lowest BCUT2D eigenvalue weighted by Crippen LogP contribution is -2.40. The van der Waals surface area contributed by atoms with Gasteiger partial charge in [0.15, 0.2) is 0 Å². The highest BCUT2D eigenvalue weighted by Gasteiger charge is 2.24. The van der Waals surface area contributed by atoms with Gasteiger partial charge in [0, 0.05) is 25.4 Å². The van der Waals surface area contributed by atoms with E-state index in [2.05, 4.69) is 4.98 Å². The van der Waals surface area contributed by atoms with Crippen LogP contribution in [0.2, 0.25) is 0 Å². The number of halogens is 1. The molecule has 0 radical (unpaired) electrons. The van der Waals surface area contributed by atoms with Gasteiger partial charge in [0.1, 0.15) is 5.82 Å². The molecule has 1 aliphatic heterocycles. The average Bonchev–Trinajstić information content (AvgIpc) is 2.61. The molecule has 0 aliphatic carbocycles. The van der Waals surface area contributed by atoms with Crippen LogP contribution in [0.3, 0.4) is 0 Å². The summed E-state index contributed by atoms with van der Waals surface area (Å²) in [6.07, 6.45) is 5.04. The molecule has 3 rings (SSSR count). The van der Waals surface area contributed by atoms with Gasteiger partial charge in [0.05, 0.1) is 5.56 Å². The third-order valence-corrected chi connectivity index (χ3v) is 4.62. The Morgan fingerprint density at radius 3 is 2.83 bits per heavy atom. The van der Waals surface area contributed by atoms with E-state index < -0.39 is 0 Å². The first-order valence-electron chi connectivity index (χ1n) is 8.35. The molecule has 2 heterocycles. The lowest BCUT2D eigenvalue weighted by atomic mass is 9.91. The third kappa shape index (κ3) is 3.91. The van der Waals surface area contributed by atoms with E-state index in [1.54, 1.807) is 12.1 Å². The van der Waals surface area contributed by atoms with Crippen molar-refractivity contribution in [1.29, 1.82) is 0 Å². The lowest BCUT2D eigenvalue weighted by molar-refractivity contribution is 0.0667. The molecule has 1 atom stereocenters. The molecule has 0 unspecified atom stereocenters. The summed E-state index contributed by atoms with van der Waals surface area (Å²) in [5.74, 6) is 0.168. The number of piperidine rings is 1. The summed E-state index contributed by atoms with van der Waals surface area (Å²) < 4.78 is 13.7. The maximum atomic E-state index is 13.7. The maximum Gasteiger partial charge on any atom is 0.255 e. The number of aryl methyl sites for hydroxylation is 1. The van der Waals surface area contributed by atoms with Crippen LogP contribution in [-0.4, -0.2) is 28.9 Å². The van der Waals surface area contributed by atoms with Gasteiger partial charge in [0.2, 0.25) is 5.56 Å². The van der Waals surface area contributed by atoms with Gasteiger partial charge in [-0.2, -0.15) is 0 Å². The Bertz CT molecular complexity index is 751. The topological polar surface area (TPSA) is 53.2 Å². The number of amides is 1. The van der Waals surface area contributed by atoms with Crippen LogP contribution in [0.15, 0.2) is 47.4 Å². The molecule has 126 valence electrons. The molecule has 4 nitrogen and oxygen atoms in total. The highest BCUT2D eigenvalue weighted by atomic mass is 19.1. The lowest BCUT2D eigenvalue weighted by Gasteiger charge is -2.33. The Balaban J connectivity index is 1.60. The molecule has 1 amide bonds. The second kappa shape index (κ2) is 7.43. The van der Waals surface area contributed by atoms with Gasteiger partial charge in [-0.25, -0.2) is 4.39 Å². The van der Waals surface area contributed by atoms with E-state index in [1.807, 2.05) is 17.0 Å². The zero-order valence-electron chi connectivity index (χ0n) is 13.5. The Morgan fingerprint density at radius 2 is 2.08 bits per heavy atom. The van der Waals surface area contributed by atoms with Gasteiger partial charge in [0.25, 0.3) is 5.91 Å². The number of carbonyl (C=O) groups is 1. The van der Waals surface area contributed by atoms with Gasteiger partial charge < -0.3 is 9.88 Å². The van der Waals surface area contributed by atoms with Gasteiger partial charge in [-0.05, 0) is 49.3 Å². The standard InChI is InChI=1S/C19H21FN2O2/c20-17-6-2-1-5-15(17)8-7-14-4-3-11-22(13-14)19(24)16-9-10-18(23)21-12-16/h1-2,5-6,9-10,12,14H,3-4,7-8,11,13H2,(H,21,23)/t14-/m1/s1. The molecule has 1 fully saturated rings. The minimum absolute atomic E-state index is 0.0539. The molecular weight excluding hydrogens is 307 g/mol. The van der Waals surface area contributed by atoms with Gasteiger partial charge >= 0.3 is 0 Å². The summed E-state index contributed by atoms with van der Waals surface area (Å²) in [6.45, 7) is 1.42. The van der Waals surface area contributed by atoms with Crippen LogP contribution >= 0.6 is 0 Å². The minimum Gasteiger partial charge on any atom is -0.338 e. The number of benzene rings is 1. The third-order valence-electron chi connectivity index (χ3n) is 4.62. The monoisotopic (exact) mass is 328 g/mol. The molecule has 0 spiro atoms. The van der Waals surface area contributed by atoms with Crippen molar-refractivity contribution in [3.8, 4) is 0 Å². The number of nitrogens with one attached hydrogen (secondary N) is 1. The highest BCUT2D eigenvalue weighted by molar-refractivity contribution is 5.93. The SMILES string of the molecule is O=C(c1ccc(=O)[nH]c1)N1CCC[C@H](CCc2ccccc2F)C1. The van der Waals surface area contributed by atoms with Crippen molar-refractivity contribution in [2.75, 3.05) is 13.1 Å². The highest BCUT2D eigenvalue weighted by Crippen LogP contribution is 2.23. The fourth-order valence-electron chi connectivity index (χ4n) is 3.27. The smallest absolute Gasteiger partial charge is 0.255 e. The first kappa shape index (κ1) is 16.4. The first-order valence-corrected chi connectivity index (χ1v) is 8.35. The van der Waals surface area contributed by atoms with Crippen molar-refractivity contribution in [2.24, 2.45) is 5.92 Å². The largest absolute Gasteiger partial charge is 0.338 e. The number of likely N-dealkylation sites (tertiary alicyclic amines) is 1. The van der Waals surface area contributed by atoms with Crippen molar-refractivity contribution in [1.82, 2.24) is 9.88 Å². The van der Waals surface area contributed by atoms with E-state index in [-0.39, 0.29) is 17.3 Å².